The molecule has 0 spiro atoms. The van der Waals surface area contributed by atoms with Gasteiger partial charge in [0.1, 0.15) is 5.76 Å². The first-order valence-corrected chi connectivity index (χ1v) is 6.34. The maximum atomic E-state index is 11.7. The minimum atomic E-state index is -0.0739. The van der Waals surface area contributed by atoms with Gasteiger partial charge in [0, 0.05) is 0 Å². The monoisotopic (exact) mass is 299 g/mol. The standard InChI is InChI=1S/C11H10BrNO2S/c1-7-5-9(16-10(7)12)11(14)13-6-8-3-2-4-15-8/h2-5H,6H2,1H3,(H,13,14). The zero-order chi connectivity index (χ0) is 11.5. The highest BCUT2D eigenvalue weighted by molar-refractivity contribution is 9.11. The van der Waals surface area contributed by atoms with Gasteiger partial charge in [0.25, 0.3) is 5.91 Å². The zero-order valence-electron chi connectivity index (χ0n) is 8.62. The molecule has 2 rings (SSSR count). The fraction of sp³-hybridized carbons (Fsp3) is 0.182. The van der Waals surface area contributed by atoms with Gasteiger partial charge in [-0.15, -0.1) is 11.3 Å². The van der Waals surface area contributed by atoms with Crippen LogP contribution in [0.25, 0.3) is 0 Å². The van der Waals surface area contributed by atoms with Crippen molar-refractivity contribution in [1.82, 2.24) is 5.32 Å². The second-order valence-corrected chi connectivity index (χ2v) is 5.70. The fourth-order valence-corrected chi connectivity index (χ4v) is 2.69. The van der Waals surface area contributed by atoms with Gasteiger partial charge in [-0.2, -0.15) is 0 Å². The number of hydrogen-bond donors (Lipinski definition) is 1. The number of amides is 1. The van der Waals surface area contributed by atoms with Gasteiger partial charge in [0.2, 0.25) is 0 Å². The molecule has 0 atom stereocenters. The van der Waals surface area contributed by atoms with Crippen LogP contribution in [0, 0.1) is 6.92 Å². The Balaban J connectivity index is 1.98. The van der Waals surface area contributed by atoms with Crippen LogP contribution in [-0.2, 0) is 6.54 Å². The van der Waals surface area contributed by atoms with Crippen molar-refractivity contribution >= 4 is 33.2 Å². The van der Waals surface area contributed by atoms with Crippen LogP contribution in [0.3, 0.4) is 0 Å². The van der Waals surface area contributed by atoms with Gasteiger partial charge in [-0.25, -0.2) is 0 Å². The van der Waals surface area contributed by atoms with Gasteiger partial charge >= 0.3 is 0 Å². The predicted molar refractivity (Wildman–Crippen MR) is 66.6 cm³/mol. The molecule has 2 aromatic heterocycles. The van der Waals surface area contributed by atoms with Crippen molar-refractivity contribution in [1.29, 1.82) is 0 Å². The van der Waals surface area contributed by atoms with Crippen LogP contribution in [-0.4, -0.2) is 5.91 Å². The van der Waals surface area contributed by atoms with Crippen molar-refractivity contribution in [2.24, 2.45) is 0 Å². The average molecular weight is 300 g/mol. The van der Waals surface area contributed by atoms with Gasteiger partial charge in [-0.3, -0.25) is 4.79 Å². The minimum Gasteiger partial charge on any atom is -0.467 e. The van der Waals surface area contributed by atoms with E-state index in [0.29, 0.717) is 11.4 Å². The van der Waals surface area contributed by atoms with Gasteiger partial charge in [-0.05, 0) is 46.6 Å². The van der Waals surface area contributed by atoms with E-state index in [9.17, 15) is 4.79 Å². The molecule has 1 N–H and O–H groups in total. The summed E-state index contributed by atoms with van der Waals surface area (Å²) in [4.78, 5) is 12.4. The van der Waals surface area contributed by atoms with Crippen LogP contribution >= 0.6 is 27.3 Å². The van der Waals surface area contributed by atoms with Crippen molar-refractivity contribution < 1.29 is 9.21 Å². The summed E-state index contributed by atoms with van der Waals surface area (Å²) in [7, 11) is 0. The van der Waals surface area contributed by atoms with Gasteiger partial charge in [0.05, 0.1) is 21.5 Å². The third kappa shape index (κ3) is 2.54. The molecule has 0 bridgehead atoms. The Hall–Kier alpha value is -1.07. The lowest BCUT2D eigenvalue weighted by Crippen LogP contribution is -2.21. The third-order valence-electron chi connectivity index (χ3n) is 2.08. The second-order valence-electron chi connectivity index (χ2n) is 3.33. The molecule has 3 nitrogen and oxygen atoms in total. The average Bonchev–Trinajstić information content (AvgIpc) is 2.86. The number of carbonyl (C=O) groups excluding carboxylic acids is 1. The Labute approximate surface area is 106 Å². The topological polar surface area (TPSA) is 42.2 Å². The molecule has 16 heavy (non-hydrogen) atoms. The molecule has 2 heterocycles. The number of carbonyl (C=O) groups is 1. The lowest BCUT2D eigenvalue weighted by molar-refractivity contribution is 0.0952. The largest absolute Gasteiger partial charge is 0.467 e. The third-order valence-corrected chi connectivity index (χ3v) is 4.22. The summed E-state index contributed by atoms with van der Waals surface area (Å²) < 4.78 is 6.12. The first-order valence-electron chi connectivity index (χ1n) is 4.73. The van der Waals surface area contributed by atoms with Gasteiger partial charge in [0.15, 0.2) is 0 Å². The van der Waals surface area contributed by atoms with E-state index in [0.717, 1.165) is 15.1 Å². The van der Waals surface area contributed by atoms with Crippen molar-refractivity contribution in [3.63, 3.8) is 0 Å². The van der Waals surface area contributed by atoms with E-state index in [1.165, 1.54) is 11.3 Å². The molecule has 2 aromatic rings. The molecule has 0 aromatic carbocycles. The first-order chi connectivity index (χ1) is 7.66. The number of rotatable bonds is 3. The minimum absolute atomic E-state index is 0.0739. The molecule has 0 radical (unpaired) electrons. The molecule has 84 valence electrons. The van der Waals surface area contributed by atoms with Crippen molar-refractivity contribution in [3.05, 3.63) is 44.4 Å². The highest BCUT2D eigenvalue weighted by atomic mass is 79.9. The van der Waals surface area contributed by atoms with E-state index in [-0.39, 0.29) is 5.91 Å². The molecule has 0 saturated carbocycles. The maximum Gasteiger partial charge on any atom is 0.261 e. The molecule has 0 aliphatic carbocycles. The smallest absolute Gasteiger partial charge is 0.261 e. The quantitative estimate of drug-likeness (QED) is 0.944. The normalized spacial score (nSPS) is 10.4. The number of thiophene rings is 1. The van der Waals surface area contributed by atoms with E-state index in [1.807, 2.05) is 19.1 Å². The molecule has 0 unspecified atom stereocenters. The summed E-state index contributed by atoms with van der Waals surface area (Å²) in [5.41, 5.74) is 1.08. The Morgan fingerprint density at radius 1 is 1.62 bits per heavy atom. The molecule has 0 saturated heterocycles. The number of halogens is 1. The summed E-state index contributed by atoms with van der Waals surface area (Å²) in [5.74, 6) is 0.677. The number of hydrogen-bond acceptors (Lipinski definition) is 3. The van der Waals surface area contributed by atoms with E-state index < -0.39 is 0 Å². The molecule has 0 fully saturated rings. The van der Waals surface area contributed by atoms with E-state index in [1.54, 1.807) is 12.3 Å². The second kappa shape index (κ2) is 4.84. The van der Waals surface area contributed by atoms with E-state index >= 15 is 0 Å². The number of furan rings is 1. The molecule has 0 aliphatic rings. The van der Waals surface area contributed by atoms with Crippen LogP contribution in [0.5, 0.6) is 0 Å². The molecular weight excluding hydrogens is 290 g/mol. The van der Waals surface area contributed by atoms with Gasteiger partial charge < -0.3 is 9.73 Å². The van der Waals surface area contributed by atoms with Crippen molar-refractivity contribution in [2.75, 3.05) is 0 Å². The van der Waals surface area contributed by atoms with Gasteiger partial charge in [-0.1, -0.05) is 0 Å². The molecular formula is C11H10BrNO2S. The Morgan fingerprint density at radius 2 is 2.44 bits per heavy atom. The summed E-state index contributed by atoms with van der Waals surface area (Å²) in [6.07, 6.45) is 1.59. The first kappa shape index (κ1) is 11.4. The van der Waals surface area contributed by atoms with Crippen LogP contribution in [0.2, 0.25) is 0 Å². The Kier molecular flexibility index (Phi) is 3.46. The molecule has 0 aliphatic heterocycles. The van der Waals surface area contributed by atoms with Crippen molar-refractivity contribution in [2.45, 2.75) is 13.5 Å². The Morgan fingerprint density at radius 3 is 3.00 bits per heavy atom. The maximum absolute atomic E-state index is 11.7. The van der Waals surface area contributed by atoms with Crippen LogP contribution in [0.4, 0.5) is 0 Å². The molecule has 1 amide bonds. The summed E-state index contributed by atoms with van der Waals surface area (Å²) in [6.45, 7) is 2.38. The Bertz CT molecular complexity index is 471. The zero-order valence-corrected chi connectivity index (χ0v) is 11.0. The van der Waals surface area contributed by atoms with Crippen LogP contribution < -0.4 is 5.32 Å². The van der Waals surface area contributed by atoms with E-state index in [2.05, 4.69) is 21.2 Å². The highest BCUT2D eigenvalue weighted by Gasteiger charge is 2.11. The summed E-state index contributed by atoms with van der Waals surface area (Å²) in [5, 5.41) is 2.80. The summed E-state index contributed by atoms with van der Waals surface area (Å²) >= 11 is 4.83. The SMILES string of the molecule is Cc1cc(C(=O)NCc2ccco2)sc1Br. The van der Waals surface area contributed by atoms with E-state index in [4.69, 9.17) is 4.42 Å². The van der Waals surface area contributed by atoms with Crippen LogP contribution in [0.1, 0.15) is 21.0 Å². The lowest BCUT2D eigenvalue weighted by atomic mass is 10.3. The summed E-state index contributed by atoms with van der Waals surface area (Å²) in [6, 6.07) is 5.50. The molecule has 5 heteroatoms. The lowest BCUT2D eigenvalue weighted by Gasteiger charge is -1.99. The van der Waals surface area contributed by atoms with Crippen LogP contribution in [0.15, 0.2) is 32.7 Å². The highest BCUT2D eigenvalue weighted by Crippen LogP contribution is 2.27. The number of aryl methyl sites for hydroxylation is 1. The fourth-order valence-electron chi connectivity index (χ4n) is 1.24. The van der Waals surface area contributed by atoms with Crippen molar-refractivity contribution in [3.8, 4) is 0 Å². The number of nitrogens with one attached hydrogen (secondary N) is 1. The predicted octanol–water partition coefficient (Wildman–Crippen LogP) is 3.34.